The van der Waals surface area contributed by atoms with Gasteiger partial charge < -0.3 is 10.1 Å². The van der Waals surface area contributed by atoms with Gasteiger partial charge >= 0.3 is 0 Å². The molecule has 0 saturated carbocycles. The largest absolute Gasteiger partial charge is 0.375 e. The molecule has 0 aliphatic rings. The predicted octanol–water partition coefficient (Wildman–Crippen LogP) is 3.51. The molecular formula is C19H21NO2. The molecule has 22 heavy (non-hydrogen) atoms. The summed E-state index contributed by atoms with van der Waals surface area (Å²) in [5, 5.41) is 2.88. The Bertz CT molecular complexity index is 635. The van der Waals surface area contributed by atoms with E-state index in [0.29, 0.717) is 6.54 Å². The zero-order valence-electron chi connectivity index (χ0n) is 13.0. The average Bonchev–Trinajstić information content (AvgIpc) is 2.56. The molecule has 2 rings (SSSR count). The molecule has 0 saturated heterocycles. The van der Waals surface area contributed by atoms with Crippen LogP contribution in [0.1, 0.15) is 22.8 Å². The Kier molecular flexibility index (Phi) is 5.92. The molecular weight excluding hydrogens is 274 g/mol. The molecule has 0 aliphatic carbocycles. The Hall–Kier alpha value is -2.39. The van der Waals surface area contributed by atoms with Crippen molar-refractivity contribution in [1.82, 2.24) is 5.32 Å². The maximum Gasteiger partial charge on any atom is 0.244 e. The van der Waals surface area contributed by atoms with Crippen molar-refractivity contribution in [2.24, 2.45) is 0 Å². The number of carbonyl (C=O) groups is 1. The lowest BCUT2D eigenvalue weighted by molar-refractivity contribution is -0.117. The molecule has 0 radical (unpaired) electrons. The van der Waals surface area contributed by atoms with Gasteiger partial charge in [0.05, 0.1) is 6.10 Å². The molecule has 3 nitrogen and oxygen atoms in total. The summed E-state index contributed by atoms with van der Waals surface area (Å²) < 4.78 is 5.49. The smallest absolute Gasteiger partial charge is 0.244 e. The second-order valence-corrected chi connectivity index (χ2v) is 5.07. The number of nitrogens with one attached hydrogen (secondary N) is 1. The topological polar surface area (TPSA) is 38.3 Å². The van der Waals surface area contributed by atoms with Gasteiger partial charge in [-0.05, 0) is 29.7 Å². The molecule has 1 unspecified atom stereocenters. The van der Waals surface area contributed by atoms with Crippen molar-refractivity contribution in [3.8, 4) is 0 Å². The van der Waals surface area contributed by atoms with E-state index in [1.807, 2.05) is 61.5 Å². The highest BCUT2D eigenvalue weighted by molar-refractivity contribution is 5.91. The van der Waals surface area contributed by atoms with Crippen LogP contribution in [0.2, 0.25) is 0 Å². The van der Waals surface area contributed by atoms with Gasteiger partial charge in [-0.3, -0.25) is 4.79 Å². The van der Waals surface area contributed by atoms with Crippen molar-refractivity contribution in [3.05, 3.63) is 77.4 Å². The molecule has 0 heterocycles. The molecule has 0 spiro atoms. The third-order valence-corrected chi connectivity index (χ3v) is 3.51. The number of amides is 1. The zero-order chi connectivity index (χ0) is 15.8. The lowest BCUT2D eigenvalue weighted by Gasteiger charge is -2.18. The molecule has 2 aromatic carbocycles. The fourth-order valence-electron chi connectivity index (χ4n) is 2.26. The molecule has 0 fully saturated rings. The lowest BCUT2D eigenvalue weighted by atomic mass is 10.0. The van der Waals surface area contributed by atoms with E-state index in [4.69, 9.17) is 4.74 Å². The number of hydrogen-bond donors (Lipinski definition) is 1. The third-order valence-electron chi connectivity index (χ3n) is 3.51. The summed E-state index contributed by atoms with van der Waals surface area (Å²) in [6.07, 6.45) is 3.19. The Balaban J connectivity index is 1.92. The summed E-state index contributed by atoms with van der Waals surface area (Å²) in [6, 6.07) is 17.8. The summed E-state index contributed by atoms with van der Waals surface area (Å²) >= 11 is 0. The van der Waals surface area contributed by atoms with Crippen molar-refractivity contribution in [2.45, 2.75) is 13.0 Å². The maximum atomic E-state index is 11.9. The molecule has 1 atom stereocenters. The van der Waals surface area contributed by atoms with Crippen molar-refractivity contribution < 1.29 is 9.53 Å². The minimum atomic E-state index is -0.143. The molecule has 1 N–H and O–H groups in total. The minimum Gasteiger partial charge on any atom is -0.375 e. The predicted molar refractivity (Wildman–Crippen MR) is 89.4 cm³/mol. The number of ether oxygens (including phenoxy) is 1. The normalized spacial score (nSPS) is 12.3. The lowest BCUT2D eigenvalue weighted by Crippen LogP contribution is -2.27. The fourth-order valence-corrected chi connectivity index (χ4v) is 2.26. The monoisotopic (exact) mass is 295 g/mol. The SMILES string of the molecule is COC(CNC(=O)/C=C/c1ccccc1)c1ccccc1C. The molecule has 0 bridgehead atoms. The number of hydrogen-bond acceptors (Lipinski definition) is 2. The van der Waals surface area contributed by atoms with Gasteiger partial charge in [-0.1, -0.05) is 54.6 Å². The first-order chi connectivity index (χ1) is 10.7. The molecule has 2 aromatic rings. The second-order valence-electron chi connectivity index (χ2n) is 5.07. The molecule has 0 aromatic heterocycles. The van der Waals surface area contributed by atoms with Crippen molar-refractivity contribution in [1.29, 1.82) is 0 Å². The van der Waals surface area contributed by atoms with Crippen LogP contribution in [0, 0.1) is 6.92 Å². The quantitative estimate of drug-likeness (QED) is 0.828. The van der Waals surface area contributed by atoms with Crippen LogP contribution in [-0.2, 0) is 9.53 Å². The molecule has 1 amide bonds. The van der Waals surface area contributed by atoms with Crippen LogP contribution in [0.25, 0.3) is 6.08 Å². The summed E-state index contributed by atoms with van der Waals surface area (Å²) in [7, 11) is 1.66. The van der Waals surface area contributed by atoms with Crippen LogP contribution in [-0.4, -0.2) is 19.6 Å². The third kappa shape index (κ3) is 4.57. The van der Waals surface area contributed by atoms with Gasteiger partial charge in [0.15, 0.2) is 0 Å². The van der Waals surface area contributed by atoms with E-state index in [9.17, 15) is 4.79 Å². The number of rotatable bonds is 6. The Morgan fingerprint density at radius 1 is 1.14 bits per heavy atom. The van der Waals surface area contributed by atoms with Gasteiger partial charge in [-0.25, -0.2) is 0 Å². The first-order valence-electron chi connectivity index (χ1n) is 7.30. The number of benzene rings is 2. The highest BCUT2D eigenvalue weighted by atomic mass is 16.5. The van der Waals surface area contributed by atoms with E-state index in [0.717, 1.165) is 16.7 Å². The van der Waals surface area contributed by atoms with E-state index in [1.54, 1.807) is 19.3 Å². The van der Waals surface area contributed by atoms with Gasteiger partial charge in [0.1, 0.15) is 0 Å². The summed E-state index contributed by atoms with van der Waals surface area (Å²) in [6.45, 7) is 2.48. The number of aryl methyl sites for hydroxylation is 1. The maximum absolute atomic E-state index is 11.9. The van der Waals surface area contributed by atoms with E-state index >= 15 is 0 Å². The van der Waals surface area contributed by atoms with Crippen LogP contribution >= 0.6 is 0 Å². The number of methoxy groups -OCH3 is 1. The Morgan fingerprint density at radius 3 is 2.50 bits per heavy atom. The van der Waals surface area contributed by atoms with Crippen molar-refractivity contribution in [3.63, 3.8) is 0 Å². The van der Waals surface area contributed by atoms with Gasteiger partial charge in [-0.15, -0.1) is 0 Å². The minimum absolute atomic E-state index is 0.125. The molecule has 3 heteroatoms. The molecule has 114 valence electrons. The van der Waals surface area contributed by atoms with Gasteiger partial charge in [0.2, 0.25) is 5.91 Å². The van der Waals surface area contributed by atoms with Gasteiger partial charge in [0, 0.05) is 19.7 Å². The van der Waals surface area contributed by atoms with Crippen molar-refractivity contribution >= 4 is 12.0 Å². The fraction of sp³-hybridized carbons (Fsp3) is 0.211. The zero-order valence-corrected chi connectivity index (χ0v) is 13.0. The second kappa shape index (κ2) is 8.15. The Labute approximate surface area is 131 Å². The Morgan fingerprint density at radius 2 is 1.82 bits per heavy atom. The van der Waals surface area contributed by atoms with E-state index < -0.39 is 0 Å². The van der Waals surface area contributed by atoms with Crippen LogP contribution in [0.3, 0.4) is 0 Å². The van der Waals surface area contributed by atoms with Gasteiger partial charge in [-0.2, -0.15) is 0 Å². The molecule has 0 aliphatic heterocycles. The van der Waals surface area contributed by atoms with Crippen LogP contribution in [0.4, 0.5) is 0 Å². The standard InChI is InChI=1S/C19H21NO2/c1-15-8-6-7-11-17(15)18(22-2)14-20-19(21)13-12-16-9-4-3-5-10-16/h3-13,18H,14H2,1-2H3,(H,20,21)/b13-12+. The highest BCUT2D eigenvalue weighted by Crippen LogP contribution is 2.19. The van der Waals surface area contributed by atoms with Gasteiger partial charge in [0.25, 0.3) is 0 Å². The van der Waals surface area contributed by atoms with E-state index in [-0.39, 0.29) is 12.0 Å². The number of carbonyl (C=O) groups excluding carboxylic acids is 1. The summed E-state index contributed by atoms with van der Waals surface area (Å²) in [5.74, 6) is -0.125. The highest BCUT2D eigenvalue weighted by Gasteiger charge is 2.13. The first kappa shape index (κ1) is 16.0. The van der Waals surface area contributed by atoms with Crippen molar-refractivity contribution in [2.75, 3.05) is 13.7 Å². The van der Waals surface area contributed by atoms with Crippen LogP contribution in [0.5, 0.6) is 0 Å². The van der Waals surface area contributed by atoms with E-state index in [2.05, 4.69) is 5.32 Å². The summed E-state index contributed by atoms with van der Waals surface area (Å²) in [4.78, 5) is 11.9. The van der Waals surface area contributed by atoms with E-state index in [1.165, 1.54) is 0 Å². The first-order valence-corrected chi connectivity index (χ1v) is 7.30. The van der Waals surface area contributed by atoms with Crippen LogP contribution in [0.15, 0.2) is 60.7 Å². The summed E-state index contributed by atoms with van der Waals surface area (Å²) in [5.41, 5.74) is 3.25. The van der Waals surface area contributed by atoms with Crippen LogP contribution < -0.4 is 5.32 Å². The average molecular weight is 295 g/mol.